The SMILES string of the molecule is Cc1cccc(COc2ccc(C)cc2C#CCO)c1. The van der Waals surface area contributed by atoms with E-state index >= 15 is 0 Å². The van der Waals surface area contributed by atoms with Gasteiger partial charge in [-0.1, -0.05) is 47.7 Å². The van der Waals surface area contributed by atoms with E-state index in [0.717, 1.165) is 22.4 Å². The molecule has 0 amide bonds. The van der Waals surface area contributed by atoms with E-state index in [4.69, 9.17) is 9.84 Å². The van der Waals surface area contributed by atoms with Crippen molar-refractivity contribution in [2.75, 3.05) is 6.61 Å². The lowest BCUT2D eigenvalue weighted by Gasteiger charge is -2.09. The molecule has 0 fully saturated rings. The molecule has 2 nitrogen and oxygen atoms in total. The molecular formula is C18H18O2. The van der Waals surface area contributed by atoms with Crippen LogP contribution in [0.3, 0.4) is 0 Å². The second kappa shape index (κ2) is 6.79. The summed E-state index contributed by atoms with van der Waals surface area (Å²) in [5.74, 6) is 6.34. The fourth-order valence-electron chi connectivity index (χ4n) is 1.97. The molecule has 0 heterocycles. The van der Waals surface area contributed by atoms with Crippen LogP contribution in [0.15, 0.2) is 42.5 Å². The molecule has 0 aliphatic carbocycles. The van der Waals surface area contributed by atoms with Crippen molar-refractivity contribution in [1.82, 2.24) is 0 Å². The maximum absolute atomic E-state index is 8.81. The summed E-state index contributed by atoms with van der Waals surface area (Å²) in [5.41, 5.74) is 4.28. The molecule has 2 aromatic carbocycles. The highest BCUT2D eigenvalue weighted by molar-refractivity contribution is 5.48. The number of aliphatic hydroxyl groups excluding tert-OH is 1. The summed E-state index contributed by atoms with van der Waals surface area (Å²) < 4.78 is 5.85. The average Bonchev–Trinajstić information content (AvgIpc) is 2.44. The van der Waals surface area contributed by atoms with Gasteiger partial charge in [0.25, 0.3) is 0 Å². The first-order valence-corrected chi connectivity index (χ1v) is 6.58. The summed E-state index contributed by atoms with van der Waals surface area (Å²) in [6, 6.07) is 14.1. The number of hydrogen-bond donors (Lipinski definition) is 1. The topological polar surface area (TPSA) is 29.5 Å². The van der Waals surface area contributed by atoms with Crippen molar-refractivity contribution in [2.45, 2.75) is 20.5 Å². The molecule has 1 N–H and O–H groups in total. The van der Waals surface area contributed by atoms with Crippen LogP contribution in [0.25, 0.3) is 0 Å². The van der Waals surface area contributed by atoms with Gasteiger partial charge in [0.05, 0.1) is 5.56 Å². The van der Waals surface area contributed by atoms with E-state index in [1.807, 2.05) is 37.3 Å². The Morgan fingerprint density at radius 2 is 1.85 bits per heavy atom. The molecule has 0 aliphatic rings. The van der Waals surface area contributed by atoms with Crippen LogP contribution in [0.4, 0.5) is 0 Å². The highest BCUT2D eigenvalue weighted by atomic mass is 16.5. The lowest BCUT2D eigenvalue weighted by molar-refractivity contribution is 0.305. The summed E-state index contributed by atoms with van der Waals surface area (Å²) in [4.78, 5) is 0. The molecule has 0 radical (unpaired) electrons. The first kappa shape index (κ1) is 14.2. The maximum atomic E-state index is 8.81. The number of ether oxygens (including phenoxy) is 1. The quantitative estimate of drug-likeness (QED) is 0.864. The molecule has 0 spiro atoms. The van der Waals surface area contributed by atoms with Crippen molar-refractivity contribution in [2.24, 2.45) is 0 Å². The number of aryl methyl sites for hydroxylation is 2. The van der Waals surface area contributed by atoms with Crippen LogP contribution in [-0.2, 0) is 6.61 Å². The summed E-state index contributed by atoms with van der Waals surface area (Å²) in [6.45, 7) is 4.44. The second-order valence-electron chi connectivity index (χ2n) is 4.74. The Labute approximate surface area is 120 Å². The predicted molar refractivity (Wildman–Crippen MR) is 80.7 cm³/mol. The third kappa shape index (κ3) is 3.88. The van der Waals surface area contributed by atoms with Gasteiger partial charge < -0.3 is 9.84 Å². The minimum atomic E-state index is -0.148. The Morgan fingerprint density at radius 3 is 2.60 bits per heavy atom. The van der Waals surface area contributed by atoms with Gasteiger partial charge in [-0.05, 0) is 37.1 Å². The minimum absolute atomic E-state index is 0.148. The van der Waals surface area contributed by atoms with Crippen LogP contribution < -0.4 is 4.74 Å². The Hall–Kier alpha value is -2.24. The molecule has 0 aliphatic heterocycles. The lowest BCUT2D eigenvalue weighted by Crippen LogP contribution is -1.98. The van der Waals surface area contributed by atoms with Gasteiger partial charge in [-0.15, -0.1) is 0 Å². The van der Waals surface area contributed by atoms with E-state index in [1.54, 1.807) is 0 Å². The molecule has 0 unspecified atom stereocenters. The number of hydrogen-bond acceptors (Lipinski definition) is 2. The van der Waals surface area contributed by atoms with Gasteiger partial charge in [0.15, 0.2) is 0 Å². The molecule has 0 saturated carbocycles. The molecule has 20 heavy (non-hydrogen) atoms. The molecule has 102 valence electrons. The van der Waals surface area contributed by atoms with E-state index in [-0.39, 0.29) is 6.61 Å². The average molecular weight is 266 g/mol. The van der Waals surface area contributed by atoms with E-state index in [1.165, 1.54) is 5.56 Å². The van der Waals surface area contributed by atoms with E-state index in [2.05, 4.69) is 30.9 Å². The maximum Gasteiger partial charge on any atom is 0.135 e. The van der Waals surface area contributed by atoms with Crippen LogP contribution in [0.1, 0.15) is 22.3 Å². The molecule has 2 aromatic rings. The van der Waals surface area contributed by atoms with Crippen LogP contribution in [0, 0.1) is 25.7 Å². The Morgan fingerprint density at radius 1 is 1.05 bits per heavy atom. The lowest BCUT2D eigenvalue weighted by atomic mass is 10.1. The standard InChI is InChI=1S/C18H18O2/c1-14-5-3-6-16(11-14)13-20-18-9-8-15(2)12-17(18)7-4-10-19/h3,5-6,8-9,11-12,19H,10,13H2,1-2H3. The summed E-state index contributed by atoms with van der Waals surface area (Å²) in [7, 11) is 0. The molecule has 0 aromatic heterocycles. The van der Waals surface area contributed by atoms with Crippen molar-refractivity contribution < 1.29 is 9.84 Å². The summed E-state index contributed by atoms with van der Waals surface area (Å²) >= 11 is 0. The van der Waals surface area contributed by atoms with Gasteiger partial charge in [-0.2, -0.15) is 0 Å². The zero-order chi connectivity index (χ0) is 14.4. The Bertz CT molecular complexity index is 648. The smallest absolute Gasteiger partial charge is 0.135 e. The highest BCUT2D eigenvalue weighted by Crippen LogP contribution is 2.20. The summed E-state index contributed by atoms with van der Waals surface area (Å²) in [5, 5.41) is 8.81. The van der Waals surface area contributed by atoms with Crippen LogP contribution >= 0.6 is 0 Å². The number of rotatable bonds is 3. The van der Waals surface area contributed by atoms with E-state index in [9.17, 15) is 0 Å². The monoisotopic (exact) mass is 266 g/mol. The predicted octanol–water partition coefficient (Wildman–Crippen LogP) is 3.23. The van der Waals surface area contributed by atoms with Gasteiger partial charge in [0, 0.05) is 0 Å². The van der Waals surface area contributed by atoms with Gasteiger partial charge in [0.2, 0.25) is 0 Å². The molecule has 2 rings (SSSR count). The second-order valence-corrected chi connectivity index (χ2v) is 4.74. The highest BCUT2D eigenvalue weighted by Gasteiger charge is 2.02. The largest absolute Gasteiger partial charge is 0.488 e. The molecular weight excluding hydrogens is 248 g/mol. The van der Waals surface area contributed by atoms with Gasteiger partial charge in [0.1, 0.15) is 19.0 Å². The van der Waals surface area contributed by atoms with E-state index in [0.29, 0.717) is 6.61 Å². The first-order chi connectivity index (χ1) is 9.69. The minimum Gasteiger partial charge on any atom is -0.488 e. The third-order valence-electron chi connectivity index (χ3n) is 2.91. The van der Waals surface area contributed by atoms with Crippen molar-refractivity contribution in [3.8, 4) is 17.6 Å². The number of benzene rings is 2. The van der Waals surface area contributed by atoms with Crippen molar-refractivity contribution in [1.29, 1.82) is 0 Å². The fourth-order valence-corrected chi connectivity index (χ4v) is 1.97. The molecule has 0 bridgehead atoms. The molecule has 0 atom stereocenters. The third-order valence-corrected chi connectivity index (χ3v) is 2.91. The fraction of sp³-hybridized carbons (Fsp3) is 0.222. The Kier molecular flexibility index (Phi) is 4.81. The molecule has 0 saturated heterocycles. The zero-order valence-corrected chi connectivity index (χ0v) is 11.8. The van der Waals surface area contributed by atoms with Crippen molar-refractivity contribution >= 4 is 0 Å². The number of aliphatic hydroxyl groups is 1. The van der Waals surface area contributed by atoms with Crippen molar-refractivity contribution in [3.05, 3.63) is 64.7 Å². The Balaban J connectivity index is 2.16. The van der Waals surface area contributed by atoms with E-state index < -0.39 is 0 Å². The van der Waals surface area contributed by atoms with Crippen LogP contribution in [0.5, 0.6) is 5.75 Å². The normalized spacial score (nSPS) is 9.75. The zero-order valence-electron chi connectivity index (χ0n) is 11.8. The van der Waals surface area contributed by atoms with Crippen LogP contribution in [-0.4, -0.2) is 11.7 Å². The van der Waals surface area contributed by atoms with Gasteiger partial charge in [-0.25, -0.2) is 0 Å². The molecule has 2 heteroatoms. The first-order valence-electron chi connectivity index (χ1n) is 6.58. The van der Waals surface area contributed by atoms with Gasteiger partial charge in [-0.3, -0.25) is 0 Å². The van der Waals surface area contributed by atoms with Crippen LogP contribution in [0.2, 0.25) is 0 Å². The summed E-state index contributed by atoms with van der Waals surface area (Å²) in [6.07, 6.45) is 0. The van der Waals surface area contributed by atoms with Crippen molar-refractivity contribution in [3.63, 3.8) is 0 Å². The van der Waals surface area contributed by atoms with Gasteiger partial charge >= 0.3 is 0 Å².